The summed E-state index contributed by atoms with van der Waals surface area (Å²) < 4.78 is 0. The molecule has 0 aromatic carbocycles. The van der Waals surface area contributed by atoms with Crippen LogP contribution in [-0.4, -0.2) is 19.0 Å². The van der Waals surface area contributed by atoms with Gasteiger partial charge in [-0.25, -0.2) is 0 Å². The lowest BCUT2D eigenvalue weighted by Crippen LogP contribution is -2.03. The van der Waals surface area contributed by atoms with Gasteiger partial charge in [-0.3, -0.25) is 0 Å². The topological polar surface area (TPSA) is 76.8 Å². The second-order valence-electron chi connectivity index (χ2n) is 2.33. The van der Waals surface area contributed by atoms with Gasteiger partial charge in [-0.1, -0.05) is 0 Å². The molecule has 0 unspecified atom stereocenters. The molecule has 4 nitrogen and oxygen atoms in total. The summed E-state index contributed by atoms with van der Waals surface area (Å²) in [7, 11) is 3.64. The Labute approximate surface area is 71.8 Å². The van der Waals surface area contributed by atoms with E-state index >= 15 is 0 Å². The molecule has 0 bridgehead atoms. The molecule has 12 heavy (non-hydrogen) atoms. The monoisotopic (exact) mass is 162 g/mol. The maximum Gasteiger partial charge on any atom is 0.152 e. The summed E-state index contributed by atoms with van der Waals surface area (Å²) >= 11 is 0. The third-order valence-corrected chi connectivity index (χ3v) is 1.06. The quantitative estimate of drug-likeness (QED) is 0.468. The largest absolute Gasteiger partial charge is 0.397 e. The van der Waals surface area contributed by atoms with Gasteiger partial charge in [-0.15, -0.1) is 0 Å². The van der Waals surface area contributed by atoms with Crippen molar-refractivity contribution in [1.29, 1.82) is 10.5 Å². The Balaban J connectivity index is 4.61. The standard InChI is InChI=1S/C8H10N4/c1-12(2)4-3-8(11)7(5-9)6-10/h3-4H,11H2,1-2H3. The molecule has 4 heteroatoms. The lowest BCUT2D eigenvalue weighted by Gasteiger charge is -2.02. The van der Waals surface area contributed by atoms with Gasteiger partial charge in [0.2, 0.25) is 0 Å². The molecule has 0 radical (unpaired) electrons. The SMILES string of the molecule is CN(C)C=CC(N)=C(C#N)C#N. The van der Waals surface area contributed by atoms with Crippen LogP contribution in [0.2, 0.25) is 0 Å². The summed E-state index contributed by atoms with van der Waals surface area (Å²) in [6.07, 6.45) is 3.19. The lowest BCUT2D eigenvalue weighted by molar-refractivity contribution is 0.563. The van der Waals surface area contributed by atoms with Gasteiger partial charge < -0.3 is 10.6 Å². The molecule has 0 rings (SSSR count). The summed E-state index contributed by atoms with van der Waals surface area (Å²) in [5.41, 5.74) is 5.54. The van der Waals surface area contributed by atoms with E-state index in [9.17, 15) is 0 Å². The van der Waals surface area contributed by atoms with E-state index in [0.717, 1.165) is 0 Å². The second kappa shape index (κ2) is 4.81. The molecule has 2 N–H and O–H groups in total. The van der Waals surface area contributed by atoms with E-state index < -0.39 is 0 Å². The molecule has 0 saturated carbocycles. The molecule has 0 heterocycles. The van der Waals surface area contributed by atoms with Crippen LogP contribution in [0.5, 0.6) is 0 Å². The minimum absolute atomic E-state index is 0.0619. The van der Waals surface area contributed by atoms with Crippen molar-refractivity contribution in [3.63, 3.8) is 0 Å². The molecule has 0 aromatic heterocycles. The van der Waals surface area contributed by atoms with Gasteiger partial charge in [0.15, 0.2) is 5.57 Å². The van der Waals surface area contributed by atoms with Crippen LogP contribution in [-0.2, 0) is 0 Å². The predicted molar refractivity (Wildman–Crippen MR) is 45.3 cm³/mol. The fourth-order valence-electron chi connectivity index (χ4n) is 0.467. The molecule has 0 aliphatic rings. The molecule has 0 aliphatic carbocycles. The van der Waals surface area contributed by atoms with E-state index in [4.69, 9.17) is 16.3 Å². The van der Waals surface area contributed by atoms with E-state index in [1.54, 1.807) is 23.2 Å². The Morgan fingerprint density at radius 3 is 2.17 bits per heavy atom. The summed E-state index contributed by atoms with van der Waals surface area (Å²) in [4.78, 5) is 1.76. The van der Waals surface area contributed by atoms with Crippen LogP contribution in [0.15, 0.2) is 23.5 Å². The van der Waals surface area contributed by atoms with Gasteiger partial charge in [-0.2, -0.15) is 10.5 Å². The first-order chi connectivity index (χ1) is 5.61. The first-order valence-corrected chi connectivity index (χ1v) is 3.26. The van der Waals surface area contributed by atoms with E-state index in [1.165, 1.54) is 6.08 Å². The van der Waals surface area contributed by atoms with Crippen LogP contribution >= 0.6 is 0 Å². The molecular formula is C8H10N4. The zero-order valence-corrected chi connectivity index (χ0v) is 7.07. The lowest BCUT2D eigenvalue weighted by atomic mass is 10.2. The van der Waals surface area contributed by atoms with Crippen LogP contribution in [0.1, 0.15) is 0 Å². The number of hydrogen-bond donors (Lipinski definition) is 1. The van der Waals surface area contributed by atoms with E-state index in [1.807, 2.05) is 14.1 Å². The Morgan fingerprint density at radius 2 is 1.83 bits per heavy atom. The maximum atomic E-state index is 8.40. The zero-order chi connectivity index (χ0) is 9.56. The molecule has 62 valence electrons. The molecule has 0 aliphatic heterocycles. The van der Waals surface area contributed by atoms with E-state index in [0.29, 0.717) is 0 Å². The van der Waals surface area contributed by atoms with Crippen molar-refractivity contribution in [2.24, 2.45) is 5.73 Å². The molecule has 0 saturated heterocycles. The van der Waals surface area contributed by atoms with Crippen LogP contribution in [0, 0.1) is 22.7 Å². The number of rotatable bonds is 2. The fraction of sp³-hybridized carbons (Fsp3) is 0.250. The van der Waals surface area contributed by atoms with Gasteiger partial charge >= 0.3 is 0 Å². The highest BCUT2D eigenvalue weighted by Crippen LogP contribution is 1.97. The zero-order valence-electron chi connectivity index (χ0n) is 7.07. The first kappa shape index (κ1) is 10.1. The predicted octanol–water partition coefficient (Wildman–Crippen LogP) is 0.322. The molecular weight excluding hydrogens is 152 g/mol. The number of allylic oxidation sites excluding steroid dienone is 2. The number of nitriles is 2. The van der Waals surface area contributed by atoms with Crippen molar-refractivity contribution >= 4 is 0 Å². The minimum atomic E-state index is -0.0619. The van der Waals surface area contributed by atoms with Crippen LogP contribution in [0.4, 0.5) is 0 Å². The fourth-order valence-corrected chi connectivity index (χ4v) is 0.467. The molecule has 0 amide bonds. The van der Waals surface area contributed by atoms with Gasteiger partial charge in [0, 0.05) is 20.3 Å². The summed E-state index contributed by atoms with van der Waals surface area (Å²) in [5, 5.41) is 16.8. The van der Waals surface area contributed by atoms with Crippen LogP contribution in [0.3, 0.4) is 0 Å². The van der Waals surface area contributed by atoms with Gasteiger partial charge in [0.05, 0.1) is 5.70 Å². The average molecular weight is 162 g/mol. The summed E-state index contributed by atoms with van der Waals surface area (Å²) in [6, 6.07) is 3.40. The van der Waals surface area contributed by atoms with Crippen molar-refractivity contribution in [2.45, 2.75) is 0 Å². The van der Waals surface area contributed by atoms with Gasteiger partial charge in [0.1, 0.15) is 12.1 Å². The molecule has 0 atom stereocenters. The Hall–Kier alpha value is -1.94. The smallest absolute Gasteiger partial charge is 0.152 e. The third kappa shape index (κ3) is 3.28. The third-order valence-electron chi connectivity index (χ3n) is 1.06. The number of hydrogen-bond acceptors (Lipinski definition) is 4. The van der Waals surface area contributed by atoms with Crippen molar-refractivity contribution in [3.05, 3.63) is 23.5 Å². The Kier molecular flexibility index (Phi) is 4.03. The second-order valence-corrected chi connectivity index (χ2v) is 2.33. The van der Waals surface area contributed by atoms with Crippen molar-refractivity contribution < 1.29 is 0 Å². The normalized spacial score (nSPS) is 8.67. The van der Waals surface area contributed by atoms with Crippen molar-refractivity contribution in [1.82, 2.24) is 4.90 Å². The molecule has 0 aromatic rings. The highest BCUT2D eigenvalue weighted by molar-refractivity contribution is 5.42. The maximum absolute atomic E-state index is 8.40. The van der Waals surface area contributed by atoms with Crippen LogP contribution < -0.4 is 5.73 Å². The van der Waals surface area contributed by atoms with Crippen LogP contribution in [0.25, 0.3) is 0 Å². The van der Waals surface area contributed by atoms with Gasteiger partial charge in [-0.05, 0) is 6.08 Å². The van der Waals surface area contributed by atoms with Crippen molar-refractivity contribution in [3.8, 4) is 12.1 Å². The van der Waals surface area contributed by atoms with Gasteiger partial charge in [0.25, 0.3) is 0 Å². The highest BCUT2D eigenvalue weighted by atomic mass is 15.0. The summed E-state index contributed by atoms with van der Waals surface area (Å²) in [6.45, 7) is 0. The first-order valence-electron chi connectivity index (χ1n) is 3.26. The number of nitrogens with zero attached hydrogens (tertiary/aromatic N) is 3. The number of nitrogens with two attached hydrogens (primary N) is 1. The molecule has 0 spiro atoms. The van der Waals surface area contributed by atoms with E-state index in [-0.39, 0.29) is 11.3 Å². The minimum Gasteiger partial charge on any atom is -0.397 e. The molecule has 0 fully saturated rings. The van der Waals surface area contributed by atoms with E-state index in [2.05, 4.69) is 0 Å². The Morgan fingerprint density at radius 1 is 1.33 bits per heavy atom. The Bertz CT molecular complexity index is 269. The summed E-state index contributed by atoms with van der Waals surface area (Å²) in [5.74, 6) is 0. The average Bonchev–Trinajstić information content (AvgIpc) is 2.03. The highest BCUT2D eigenvalue weighted by Gasteiger charge is 1.96. The van der Waals surface area contributed by atoms with Crippen molar-refractivity contribution in [2.75, 3.05) is 14.1 Å².